The summed E-state index contributed by atoms with van der Waals surface area (Å²) in [5.74, 6) is 0.812. The normalized spacial score (nSPS) is 12.6. The lowest BCUT2D eigenvalue weighted by atomic mass is 10.1. The monoisotopic (exact) mass is 383 g/mol. The molecule has 1 aliphatic rings. The fourth-order valence-electron chi connectivity index (χ4n) is 2.90. The van der Waals surface area contributed by atoms with Crippen molar-refractivity contribution in [2.75, 3.05) is 19.8 Å². The Morgan fingerprint density at radius 1 is 1.19 bits per heavy atom. The summed E-state index contributed by atoms with van der Waals surface area (Å²) in [6, 6.07) is 13.2. The van der Waals surface area contributed by atoms with E-state index in [0.29, 0.717) is 41.8 Å². The first-order valence-electron chi connectivity index (χ1n) is 8.67. The SMILES string of the molecule is O=C(NCCc1ccc(-n2cccn2)cc1)c1cc(Cl)c2c(c1)OCCO2. The number of hydrogen-bond donors (Lipinski definition) is 1. The predicted octanol–water partition coefficient (Wildman–Crippen LogP) is 3.27. The van der Waals surface area contributed by atoms with E-state index in [1.54, 1.807) is 23.0 Å². The van der Waals surface area contributed by atoms with Crippen LogP contribution in [0.2, 0.25) is 5.02 Å². The molecule has 0 saturated heterocycles. The number of aromatic nitrogens is 2. The van der Waals surface area contributed by atoms with Crippen LogP contribution in [0.15, 0.2) is 54.9 Å². The van der Waals surface area contributed by atoms with Gasteiger partial charge in [0.05, 0.1) is 10.7 Å². The highest BCUT2D eigenvalue weighted by molar-refractivity contribution is 6.32. The summed E-state index contributed by atoms with van der Waals surface area (Å²) in [6.45, 7) is 1.42. The Labute approximate surface area is 161 Å². The second-order valence-electron chi connectivity index (χ2n) is 6.11. The molecule has 1 amide bonds. The summed E-state index contributed by atoms with van der Waals surface area (Å²) in [5.41, 5.74) is 2.59. The molecule has 0 unspecified atom stereocenters. The number of fused-ring (bicyclic) bond motifs is 1. The van der Waals surface area contributed by atoms with Gasteiger partial charge < -0.3 is 14.8 Å². The minimum atomic E-state index is -0.193. The van der Waals surface area contributed by atoms with Crippen molar-refractivity contribution in [3.05, 3.63) is 71.0 Å². The maximum Gasteiger partial charge on any atom is 0.251 e. The van der Waals surface area contributed by atoms with Crippen LogP contribution in [0, 0.1) is 0 Å². The van der Waals surface area contributed by atoms with Gasteiger partial charge in [0.15, 0.2) is 11.5 Å². The molecule has 1 N–H and O–H groups in total. The van der Waals surface area contributed by atoms with Crippen molar-refractivity contribution in [3.63, 3.8) is 0 Å². The van der Waals surface area contributed by atoms with Gasteiger partial charge in [-0.05, 0) is 42.3 Å². The number of amides is 1. The molecule has 2 aromatic carbocycles. The van der Waals surface area contributed by atoms with Gasteiger partial charge in [-0.2, -0.15) is 5.10 Å². The van der Waals surface area contributed by atoms with Crippen LogP contribution in [-0.4, -0.2) is 35.4 Å². The molecule has 1 aliphatic heterocycles. The van der Waals surface area contributed by atoms with E-state index in [4.69, 9.17) is 21.1 Å². The molecule has 0 aliphatic carbocycles. The van der Waals surface area contributed by atoms with Gasteiger partial charge in [0.1, 0.15) is 13.2 Å². The van der Waals surface area contributed by atoms with E-state index in [0.717, 1.165) is 17.7 Å². The Morgan fingerprint density at radius 2 is 2.00 bits per heavy atom. The zero-order valence-corrected chi connectivity index (χ0v) is 15.3. The van der Waals surface area contributed by atoms with Crippen molar-refractivity contribution in [1.82, 2.24) is 15.1 Å². The first-order valence-corrected chi connectivity index (χ1v) is 9.05. The number of halogens is 1. The van der Waals surface area contributed by atoms with E-state index in [2.05, 4.69) is 10.4 Å². The second kappa shape index (κ2) is 7.72. The van der Waals surface area contributed by atoms with Crippen molar-refractivity contribution in [2.24, 2.45) is 0 Å². The summed E-state index contributed by atoms with van der Waals surface area (Å²) in [4.78, 5) is 12.4. The summed E-state index contributed by atoms with van der Waals surface area (Å²) < 4.78 is 12.8. The third-order valence-corrected chi connectivity index (χ3v) is 4.54. The largest absolute Gasteiger partial charge is 0.486 e. The van der Waals surface area contributed by atoms with Crippen molar-refractivity contribution >= 4 is 17.5 Å². The van der Waals surface area contributed by atoms with E-state index >= 15 is 0 Å². The molecule has 0 saturated carbocycles. The van der Waals surface area contributed by atoms with Crippen molar-refractivity contribution in [1.29, 1.82) is 0 Å². The molecule has 7 heteroatoms. The molecular weight excluding hydrogens is 366 g/mol. The fourth-order valence-corrected chi connectivity index (χ4v) is 3.17. The molecule has 138 valence electrons. The molecule has 0 atom stereocenters. The topological polar surface area (TPSA) is 65.4 Å². The van der Waals surface area contributed by atoms with E-state index < -0.39 is 0 Å². The van der Waals surface area contributed by atoms with Crippen LogP contribution in [0.4, 0.5) is 0 Å². The van der Waals surface area contributed by atoms with Crippen LogP contribution in [0.1, 0.15) is 15.9 Å². The standard InChI is InChI=1S/C20H18ClN3O3/c21-17-12-15(13-18-19(17)27-11-10-26-18)20(25)22-8-6-14-2-4-16(5-3-14)24-9-1-7-23-24/h1-5,7,9,12-13H,6,8,10-11H2,(H,22,25). The minimum Gasteiger partial charge on any atom is -0.486 e. The van der Waals surface area contributed by atoms with Gasteiger partial charge in [-0.25, -0.2) is 4.68 Å². The van der Waals surface area contributed by atoms with Gasteiger partial charge in [0, 0.05) is 24.5 Å². The molecule has 0 radical (unpaired) electrons. The Balaban J connectivity index is 1.35. The molecule has 0 fully saturated rings. The molecule has 2 heterocycles. The number of hydrogen-bond acceptors (Lipinski definition) is 4. The first-order chi connectivity index (χ1) is 13.2. The Hall–Kier alpha value is -2.99. The van der Waals surface area contributed by atoms with Crippen LogP contribution < -0.4 is 14.8 Å². The van der Waals surface area contributed by atoms with Crippen LogP contribution in [0.25, 0.3) is 5.69 Å². The smallest absolute Gasteiger partial charge is 0.251 e. The third-order valence-electron chi connectivity index (χ3n) is 4.26. The molecule has 1 aromatic heterocycles. The molecule has 3 aromatic rings. The van der Waals surface area contributed by atoms with Gasteiger partial charge in [-0.1, -0.05) is 23.7 Å². The lowest BCUT2D eigenvalue weighted by Gasteiger charge is -2.20. The Kier molecular flexibility index (Phi) is 4.98. The van der Waals surface area contributed by atoms with Gasteiger partial charge >= 0.3 is 0 Å². The summed E-state index contributed by atoms with van der Waals surface area (Å²) in [5, 5.41) is 7.50. The number of nitrogens with zero attached hydrogens (tertiary/aromatic N) is 2. The van der Waals surface area contributed by atoms with Crippen LogP contribution in [-0.2, 0) is 6.42 Å². The van der Waals surface area contributed by atoms with Crippen LogP contribution in [0.3, 0.4) is 0 Å². The average Bonchev–Trinajstić information content (AvgIpc) is 3.23. The van der Waals surface area contributed by atoms with Gasteiger partial charge in [0.2, 0.25) is 0 Å². The Bertz CT molecular complexity index is 940. The second-order valence-corrected chi connectivity index (χ2v) is 6.51. The van der Waals surface area contributed by atoms with E-state index in [9.17, 15) is 4.79 Å². The number of ether oxygens (including phenoxy) is 2. The van der Waals surface area contributed by atoms with E-state index in [1.165, 1.54) is 0 Å². The van der Waals surface area contributed by atoms with Crippen molar-refractivity contribution in [2.45, 2.75) is 6.42 Å². The maximum atomic E-state index is 12.4. The van der Waals surface area contributed by atoms with E-state index in [1.807, 2.05) is 36.5 Å². The lowest BCUT2D eigenvalue weighted by molar-refractivity contribution is 0.0953. The molecule has 4 rings (SSSR count). The van der Waals surface area contributed by atoms with Crippen LogP contribution in [0.5, 0.6) is 11.5 Å². The number of rotatable bonds is 5. The third kappa shape index (κ3) is 3.90. The molecule has 0 bridgehead atoms. The molecule has 27 heavy (non-hydrogen) atoms. The molecule has 6 nitrogen and oxygen atoms in total. The molecular formula is C20H18ClN3O3. The highest BCUT2D eigenvalue weighted by Crippen LogP contribution is 2.38. The zero-order valence-electron chi connectivity index (χ0n) is 14.5. The van der Waals surface area contributed by atoms with Gasteiger partial charge in [0.25, 0.3) is 5.91 Å². The summed E-state index contributed by atoms with van der Waals surface area (Å²) in [7, 11) is 0. The van der Waals surface area contributed by atoms with Crippen molar-refractivity contribution < 1.29 is 14.3 Å². The quantitative estimate of drug-likeness (QED) is 0.734. The lowest BCUT2D eigenvalue weighted by Crippen LogP contribution is -2.26. The summed E-state index contributed by atoms with van der Waals surface area (Å²) in [6.07, 6.45) is 4.37. The minimum absolute atomic E-state index is 0.193. The number of benzene rings is 2. The van der Waals surface area contributed by atoms with Gasteiger partial charge in [-0.15, -0.1) is 0 Å². The highest BCUT2D eigenvalue weighted by atomic mass is 35.5. The predicted molar refractivity (Wildman–Crippen MR) is 102 cm³/mol. The number of carbonyl (C=O) groups excluding carboxylic acids is 1. The summed E-state index contributed by atoms with van der Waals surface area (Å²) >= 11 is 6.19. The fraction of sp³-hybridized carbons (Fsp3) is 0.200. The Morgan fingerprint density at radius 3 is 2.78 bits per heavy atom. The van der Waals surface area contributed by atoms with Gasteiger partial charge in [-0.3, -0.25) is 4.79 Å². The van der Waals surface area contributed by atoms with E-state index in [-0.39, 0.29) is 5.91 Å². The average molecular weight is 384 g/mol. The zero-order chi connectivity index (χ0) is 18.6. The highest BCUT2D eigenvalue weighted by Gasteiger charge is 2.19. The van der Waals surface area contributed by atoms with Crippen LogP contribution >= 0.6 is 11.6 Å². The maximum absolute atomic E-state index is 12.4. The number of nitrogens with one attached hydrogen (secondary N) is 1. The van der Waals surface area contributed by atoms with Crippen molar-refractivity contribution in [3.8, 4) is 17.2 Å². The number of carbonyl (C=O) groups is 1. The first kappa shape index (κ1) is 17.4. The molecule has 0 spiro atoms.